The van der Waals surface area contributed by atoms with Gasteiger partial charge in [0.1, 0.15) is 24.1 Å². The third kappa shape index (κ3) is 10.1. The Labute approximate surface area is 290 Å². The molecule has 1 heterocycles. The van der Waals surface area contributed by atoms with Gasteiger partial charge in [-0.15, -0.1) is 0 Å². The molecule has 5 rings (SSSR count). The third-order valence-corrected chi connectivity index (χ3v) is 9.70. The molecule has 1 aliphatic heterocycles. The third-order valence-electron chi connectivity index (χ3n) is 9.70. The summed E-state index contributed by atoms with van der Waals surface area (Å²) in [6.45, 7) is 4.84. The van der Waals surface area contributed by atoms with Crippen LogP contribution in [0.5, 0.6) is 11.5 Å². The maximum absolute atomic E-state index is 13.7. The summed E-state index contributed by atoms with van der Waals surface area (Å²) < 4.78 is 16.9. The molecule has 9 heteroatoms. The second kappa shape index (κ2) is 17.9. The van der Waals surface area contributed by atoms with Crippen LogP contribution in [0, 0.1) is 5.92 Å². The van der Waals surface area contributed by atoms with Crippen molar-refractivity contribution in [2.45, 2.75) is 77.0 Å². The molecule has 49 heavy (non-hydrogen) atoms. The highest BCUT2D eigenvalue weighted by molar-refractivity contribution is 5.97. The highest BCUT2D eigenvalue weighted by atomic mass is 16.5. The second-order valence-electron chi connectivity index (χ2n) is 13.3. The van der Waals surface area contributed by atoms with Gasteiger partial charge in [0.05, 0.1) is 20.3 Å². The minimum atomic E-state index is -0.692. The lowest BCUT2D eigenvalue weighted by Crippen LogP contribution is -2.47. The molecule has 1 N–H and O–H groups in total. The molecular weight excluding hydrogens is 618 g/mol. The normalized spacial score (nSPS) is 17.3. The van der Waals surface area contributed by atoms with E-state index in [1.54, 1.807) is 13.2 Å². The van der Waals surface area contributed by atoms with Crippen molar-refractivity contribution in [2.24, 2.45) is 5.92 Å². The van der Waals surface area contributed by atoms with E-state index in [1.807, 2.05) is 90.5 Å². The van der Waals surface area contributed by atoms with Crippen molar-refractivity contribution in [3.8, 4) is 11.5 Å². The monoisotopic (exact) mass is 669 g/mol. The van der Waals surface area contributed by atoms with Crippen molar-refractivity contribution < 1.29 is 28.6 Å². The predicted octanol–water partition coefficient (Wildman–Crippen LogP) is 6.35. The molecule has 2 amide bonds. The molecule has 3 aromatic carbocycles. The van der Waals surface area contributed by atoms with E-state index in [0.29, 0.717) is 31.8 Å². The quantitative estimate of drug-likeness (QED) is 0.200. The number of benzene rings is 3. The van der Waals surface area contributed by atoms with Gasteiger partial charge in [-0.25, -0.2) is 4.79 Å². The van der Waals surface area contributed by atoms with Crippen LogP contribution in [-0.2, 0) is 27.5 Å². The van der Waals surface area contributed by atoms with Gasteiger partial charge in [0.15, 0.2) is 0 Å². The zero-order valence-electron chi connectivity index (χ0n) is 29.2. The van der Waals surface area contributed by atoms with Gasteiger partial charge in [-0.3, -0.25) is 14.5 Å². The largest absolute Gasteiger partial charge is 0.497 e. The van der Waals surface area contributed by atoms with E-state index in [-0.39, 0.29) is 42.8 Å². The van der Waals surface area contributed by atoms with Crippen LogP contribution in [0.3, 0.4) is 0 Å². The molecule has 1 aliphatic carbocycles. The molecule has 2 atom stereocenters. The van der Waals surface area contributed by atoms with Gasteiger partial charge < -0.3 is 24.4 Å². The number of hydrogen-bond donors (Lipinski definition) is 1. The number of methoxy groups -OCH3 is 1. The Hall–Kier alpha value is -4.37. The number of hydrogen-bond acceptors (Lipinski definition) is 7. The van der Waals surface area contributed by atoms with Crippen molar-refractivity contribution >= 4 is 17.8 Å². The van der Waals surface area contributed by atoms with Crippen LogP contribution in [0.1, 0.15) is 84.8 Å². The SMILES string of the molecule is CCOc1cc(OC)ccc1CN(C)CC(=O)N1CCCC(c2cccc(C(=O)N[C@H](C(=O)OCc3ccccc3)C3CCCCC3)c2)C1. The van der Waals surface area contributed by atoms with Crippen molar-refractivity contribution in [3.05, 3.63) is 95.1 Å². The molecular formula is C40H51N3O6. The maximum Gasteiger partial charge on any atom is 0.329 e. The van der Waals surface area contributed by atoms with E-state index in [4.69, 9.17) is 14.2 Å². The van der Waals surface area contributed by atoms with Crippen LogP contribution >= 0.6 is 0 Å². The van der Waals surface area contributed by atoms with Gasteiger partial charge in [-0.1, -0.05) is 67.8 Å². The van der Waals surface area contributed by atoms with Crippen LogP contribution in [0.15, 0.2) is 72.8 Å². The standard InChI is InChI=1S/C40H51N3O6/c1-4-48-36-24-35(47-3)21-20-34(36)25-42(2)27-37(44)43-22-12-19-33(26-43)31-17-11-18-32(23-31)39(45)41-38(30-15-9-6-10-16-30)40(46)49-28-29-13-7-5-8-14-29/h5,7-8,11,13-14,17-18,20-21,23-24,30,33,38H,4,6,9-10,12,15-16,19,22,25-28H2,1-3H3,(H,41,45)/t33?,38-/m0/s1. The van der Waals surface area contributed by atoms with Crippen LogP contribution in [-0.4, -0.2) is 74.0 Å². The summed E-state index contributed by atoms with van der Waals surface area (Å²) >= 11 is 0. The fraction of sp³-hybridized carbons (Fsp3) is 0.475. The zero-order valence-corrected chi connectivity index (χ0v) is 29.2. The number of likely N-dealkylation sites (tertiary alicyclic amines) is 1. The minimum absolute atomic E-state index is 0.0516. The highest BCUT2D eigenvalue weighted by Crippen LogP contribution is 2.30. The molecule has 0 radical (unpaired) electrons. The van der Waals surface area contributed by atoms with Gasteiger partial charge in [0.2, 0.25) is 5.91 Å². The van der Waals surface area contributed by atoms with Gasteiger partial charge in [0, 0.05) is 42.7 Å². The zero-order chi connectivity index (χ0) is 34.6. The van der Waals surface area contributed by atoms with Crippen LogP contribution in [0.25, 0.3) is 0 Å². The second-order valence-corrected chi connectivity index (χ2v) is 13.3. The Morgan fingerprint density at radius 3 is 2.49 bits per heavy atom. The summed E-state index contributed by atoms with van der Waals surface area (Å²) in [4.78, 5) is 44.4. The number of likely N-dealkylation sites (N-methyl/N-ethyl adjacent to an activating group) is 1. The van der Waals surface area contributed by atoms with Gasteiger partial charge >= 0.3 is 5.97 Å². The number of ether oxygens (including phenoxy) is 3. The Kier molecular flexibility index (Phi) is 13.1. The van der Waals surface area contributed by atoms with E-state index in [1.165, 1.54) is 0 Å². The van der Waals surface area contributed by atoms with Crippen molar-refractivity contribution in [2.75, 3.05) is 40.4 Å². The fourth-order valence-corrected chi connectivity index (χ4v) is 7.05. The lowest BCUT2D eigenvalue weighted by Gasteiger charge is -2.34. The first-order valence-electron chi connectivity index (χ1n) is 17.7. The molecule has 0 spiro atoms. The van der Waals surface area contributed by atoms with E-state index in [2.05, 4.69) is 5.32 Å². The summed E-state index contributed by atoms with van der Waals surface area (Å²) in [5.41, 5.74) is 3.46. The molecule has 9 nitrogen and oxygen atoms in total. The number of nitrogens with one attached hydrogen (secondary N) is 1. The van der Waals surface area contributed by atoms with E-state index >= 15 is 0 Å². The first kappa shape index (κ1) is 35.9. The number of piperidine rings is 1. The summed E-state index contributed by atoms with van der Waals surface area (Å²) in [6, 6.07) is 22.3. The van der Waals surface area contributed by atoms with Crippen molar-refractivity contribution in [3.63, 3.8) is 0 Å². The van der Waals surface area contributed by atoms with Crippen molar-refractivity contribution in [1.82, 2.24) is 15.1 Å². The molecule has 1 unspecified atom stereocenters. The average Bonchev–Trinajstić information content (AvgIpc) is 3.14. The number of carbonyl (C=O) groups is 3. The Morgan fingerprint density at radius 2 is 1.73 bits per heavy atom. The average molecular weight is 670 g/mol. The molecule has 2 fully saturated rings. The van der Waals surface area contributed by atoms with Gasteiger partial charge in [-0.2, -0.15) is 0 Å². The minimum Gasteiger partial charge on any atom is -0.497 e. The Morgan fingerprint density at radius 1 is 0.939 bits per heavy atom. The van der Waals surface area contributed by atoms with Gasteiger partial charge in [0.25, 0.3) is 5.91 Å². The number of carbonyl (C=O) groups excluding carboxylic acids is 3. The molecule has 2 aliphatic rings. The summed E-state index contributed by atoms with van der Waals surface area (Å²) in [6.07, 6.45) is 6.83. The Bertz CT molecular complexity index is 1540. The lowest BCUT2D eigenvalue weighted by atomic mass is 9.83. The molecule has 262 valence electrons. The van der Waals surface area contributed by atoms with E-state index < -0.39 is 6.04 Å². The Balaban J connectivity index is 1.20. The summed E-state index contributed by atoms with van der Waals surface area (Å²) in [5, 5.41) is 3.06. The van der Waals surface area contributed by atoms with Gasteiger partial charge in [-0.05, 0) is 74.9 Å². The summed E-state index contributed by atoms with van der Waals surface area (Å²) in [7, 11) is 3.58. The van der Waals surface area contributed by atoms with Crippen LogP contribution in [0.2, 0.25) is 0 Å². The smallest absolute Gasteiger partial charge is 0.329 e. The van der Waals surface area contributed by atoms with E-state index in [9.17, 15) is 14.4 Å². The molecule has 3 aromatic rings. The number of nitrogens with zero attached hydrogens (tertiary/aromatic N) is 2. The van der Waals surface area contributed by atoms with Crippen LogP contribution in [0.4, 0.5) is 0 Å². The molecule has 1 saturated carbocycles. The molecule has 0 aromatic heterocycles. The summed E-state index contributed by atoms with van der Waals surface area (Å²) in [5.74, 6) is 1.09. The first-order valence-corrected chi connectivity index (χ1v) is 17.7. The van der Waals surface area contributed by atoms with E-state index in [0.717, 1.165) is 73.1 Å². The number of esters is 1. The maximum atomic E-state index is 13.7. The topological polar surface area (TPSA) is 97.4 Å². The van der Waals surface area contributed by atoms with Crippen molar-refractivity contribution in [1.29, 1.82) is 0 Å². The first-order chi connectivity index (χ1) is 23.8. The lowest BCUT2D eigenvalue weighted by molar-refractivity contribution is -0.149. The number of amides is 2. The number of rotatable bonds is 14. The molecule has 0 bridgehead atoms. The van der Waals surface area contributed by atoms with Crippen LogP contribution < -0.4 is 14.8 Å². The highest BCUT2D eigenvalue weighted by Gasteiger charge is 2.33. The fourth-order valence-electron chi connectivity index (χ4n) is 7.05. The molecule has 1 saturated heterocycles. The predicted molar refractivity (Wildman–Crippen MR) is 190 cm³/mol.